The number of hydrogen-bond acceptors (Lipinski definition) is 5. The molecular formula is C21H18BrN3O3S. The smallest absolute Gasteiger partial charge is 0.269 e. The number of ether oxygens (including phenoxy) is 1. The van der Waals surface area contributed by atoms with Gasteiger partial charge in [0.05, 0.1) is 12.0 Å². The number of hydrogen-bond donors (Lipinski definition) is 0. The predicted octanol–water partition coefficient (Wildman–Crippen LogP) is 4.72. The Morgan fingerprint density at radius 3 is 2.34 bits per heavy atom. The second-order valence-corrected chi connectivity index (χ2v) is 9.36. The summed E-state index contributed by atoms with van der Waals surface area (Å²) in [6.45, 7) is 3.70. The molecule has 0 saturated carbocycles. The summed E-state index contributed by atoms with van der Waals surface area (Å²) >= 11 is 3.44. The van der Waals surface area contributed by atoms with Crippen LogP contribution < -0.4 is 4.74 Å². The number of methoxy groups -OCH3 is 1. The molecule has 0 fully saturated rings. The van der Waals surface area contributed by atoms with Crippen LogP contribution in [0.15, 0.2) is 64.2 Å². The first kappa shape index (κ1) is 19.6. The first-order valence-corrected chi connectivity index (χ1v) is 11.1. The van der Waals surface area contributed by atoms with Crippen molar-refractivity contribution in [1.29, 1.82) is 0 Å². The molecular weight excluding hydrogens is 454 g/mol. The number of benzene rings is 1. The second-order valence-electron chi connectivity index (χ2n) is 6.66. The Hall–Kier alpha value is -2.71. The maximum atomic E-state index is 13.5. The number of rotatable bonds is 4. The van der Waals surface area contributed by atoms with E-state index >= 15 is 0 Å². The molecule has 0 atom stereocenters. The van der Waals surface area contributed by atoms with Crippen LogP contribution in [0.2, 0.25) is 0 Å². The molecule has 29 heavy (non-hydrogen) atoms. The van der Waals surface area contributed by atoms with E-state index in [0.29, 0.717) is 17.2 Å². The van der Waals surface area contributed by atoms with Gasteiger partial charge in [0.25, 0.3) is 10.0 Å². The zero-order chi connectivity index (χ0) is 20.8. The third-order valence-electron chi connectivity index (χ3n) is 4.75. The Labute approximate surface area is 177 Å². The number of pyridine rings is 2. The van der Waals surface area contributed by atoms with E-state index in [9.17, 15) is 8.42 Å². The van der Waals surface area contributed by atoms with E-state index in [1.807, 2.05) is 19.1 Å². The molecule has 0 amide bonds. The minimum Gasteiger partial charge on any atom is -0.481 e. The van der Waals surface area contributed by atoms with Crippen molar-refractivity contribution in [1.82, 2.24) is 13.9 Å². The van der Waals surface area contributed by atoms with Crippen LogP contribution in [-0.2, 0) is 10.0 Å². The molecule has 3 heterocycles. The number of aromatic nitrogens is 3. The first-order chi connectivity index (χ1) is 13.8. The van der Waals surface area contributed by atoms with Crippen molar-refractivity contribution in [3.05, 3.63) is 70.6 Å². The molecule has 8 heteroatoms. The molecule has 6 nitrogen and oxygen atoms in total. The molecule has 3 aromatic heterocycles. The number of fused-ring (bicyclic) bond motifs is 1. The van der Waals surface area contributed by atoms with Gasteiger partial charge in [-0.25, -0.2) is 22.4 Å². The highest BCUT2D eigenvalue weighted by Crippen LogP contribution is 2.37. The average molecular weight is 472 g/mol. The van der Waals surface area contributed by atoms with Crippen LogP contribution in [-0.4, -0.2) is 29.5 Å². The average Bonchev–Trinajstić information content (AvgIpc) is 3.00. The molecule has 0 spiro atoms. The third-order valence-corrected chi connectivity index (χ3v) is 6.98. The van der Waals surface area contributed by atoms with E-state index in [0.717, 1.165) is 26.5 Å². The van der Waals surface area contributed by atoms with Crippen LogP contribution in [0.1, 0.15) is 11.3 Å². The van der Waals surface area contributed by atoms with Crippen LogP contribution in [0.4, 0.5) is 0 Å². The minimum absolute atomic E-state index is 0.215. The topological polar surface area (TPSA) is 74.1 Å². The lowest BCUT2D eigenvalue weighted by Gasteiger charge is -2.10. The lowest BCUT2D eigenvalue weighted by molar-refractivity contribution is 0.398. The van der Waals surface area contributed by atoms with Crippen molar-refractivity contribution >= 4 is 37.0 Å². The summed E-state index contributed by atoms with van der Waals surface area (Å²) in [6, 6.07) is 12.3. The maximum absolute atomic E-state index is 13.5. The largest absolute Gasteiger partial charge is 0.481 e. The normalized spacial score (nSPS) is 11.7. The fraction of sp³-hybridized carbons (Fsp3) is 0.143. The van der Waals surface area contributed by atoms with Crippen LogP contribution in [0, 0.1) is 13.8 Å². The molecule has 4 aromatic rings. The molecule has 0 aliphatic heterocycles. The summed E-state index contributed by atoms with van der Waals surface area (Å²) in [6.07, 6.45) is 3.27. The van der Waals surface area contributed by atoms with Gasteiger partial charge in [0.15, 0.2) is 5.65 Å². The highest BCUT2D eigenvalue weighted by Gasteiger charge is 2.26. The molecule has 0 N–H and O–H groups in total. The summed E-state index contributed by atoms with van der Waals surface area (Å²) in [4.78, 5) is 8.91. The van der Waals surface area contributed by atoms with Crippen molar-refractivity contribution in [3.8, 4) is 17.0 Å². The van der Waals surface area contributed by atoms with Crippen molar-refractivity contribution in [2.45, 2.75) is 18.7 Å². The first-order valence-electron chi connectivity index (χ1n) is 8.82. The van der Waals surface area contributed by atoms with Gasteiger partial charge in [-0.3, -0.25) is 0 Å². The van der Waals surface area contributed by atoms with Gasteiger partial charge in [0.1, 0.15) is 0 Å². The molecule has 0 aliphatic rings. The van der Waals surface area contributed by atoms with Gasteiger partial charge < -0.3 is 4.74 Å². The summed E-state index contributed by atoms with van der Waals surface area (Å²) in [7, 11) is -2.28. The zero-order valence-electron chi connectivity index (χ0n) is 16.0. The van der Waals surface area contributed by atoms with Gasteiger partial charge in [0.2, 0.25) is 5.88 Å². The highest BCUT2D eigenvalue weighted by atomic mass is 79.9. The summed E-state index contributed by atoms with van der Waals surface area (Å²) < 4.78 is 34.2. The Kier molecular flexibility index (Phi) is 4.92. The van der Waals surface area contributed by atoms with Crippen molar-refractivity contribution in [2.75, 3.05) is 7.11 Å². The van der Waals surface area contributed by atoms with Gasteiger partial charge in [-0.1, -0.05) is 17.7 Å². The summed E-state index contributed by atoms with van der Waals surface area (Å²) in [5, 5.41) is 0.722. The van der Waals surface area contributed by atoms with Gasteiger partial charge in [0, 0.05) is 45.1 Å². The third kappa shape index (κ3) is 3.32. The monoisotopic (exact) mass is 471 g/mol. The van der Waals surface area contributed by atoms with E-state index in [2.05, 4.69) is 25.9 Å². The molecule has 0 bridgehead atoms. The Balaban J connectivity index is 2.03. The lowest BCUT2D eigenvalue weighted by Crippen LogP contribution is -2.15. The van der Waals surface area contributed by atoms with Crippen molar-refractivity contribution in [2.24, 2.45) is 0 Å². The molecule has 0 aliphatic carbocycles. The van der Waals surface area contributed by atoms with Crippen molar-refractivity contribution < 1.29 is 13.2 Å². The molecule has 0 saturated heterocycles. The van der Waals surface area contributed by atoms with E-state index in [4.69, 9.17) is 4.74 Å². The van der Waals surface area contributed by atoms with E-state index < -0.39 is 10.0 Å². The van der Waals surface area contributed by atoms with E-state index in [-0.39, 0.29) is 4.90 Å². The highest BCUT2D eigenvalue weighted by molar-refractivity contribution is 9.10. The second kappa shape index (κ2) is 7.27. The van der Waals surface area contributed by atoms with Crippen LogP contribution >= 0.6 is 15.9 Å². The summed E-state index contributed by atoms with van der Waals surface area (Å²) in [5.74, 6) is 0.488. The number of aryl methyl sites for hydroxylation is 1. The van der Waals surface area contributed by atoms with Gasteiger partial charge in [-0.15, -0.1) is 0 Å². The quantitative estimate of drug-likeness (QED) is 0.430. The fourth-order valence-electron chi connectivity index (χ4n) is 3.36. The zero-order valence-corrected chi connectivity index (χ0v) is 18.5. The predicted molar refractivity (Wildman–Crippen MR) is 116 cm³/mol. The lowest BCUT2D eigenvalue weighted by atomic mass is 10.1. The van der Waals surface area contributed by atoms with Crippen LogP contribution in [0.3, 0.4) is 0 Å². The SMILES string of the molecule is COc1ccc(-c2c(C)n(S(=O)(=O)c3ccc(C)cc3)c3ncc(Br)cc23)cn1. The fourth-order valence-corrected chi connectivity index (χ4v) is 5.20. The molecule has 0 radical (unpaired) electrons. The van der Waals surface area contributed by atoms with Crippen LogP contribution in [0.5, 0.6) is 5.88 Å². The standard InChI is InChI=1S/C21H18BrN3O3S/c1-13-4-7-17(8-5-13)29(26,27)25-14(2)20(15-6-9-19(28-3)23-11-15)18-10-16(22)12-24-21(18)25/h4-12H,1-3H3. The van der Waals surface area contributed by atoms with Crippen LogP contribution in [0.25, 0.3) is 22.2 Å². The summed E-state index contributed by atoms with van der Waals surface area (Å²) in [5.41, 5.74) is 3.48. The Morgan fingerprint density at radius 1 is 1.00 bits per heavy atom. The maximum Gasteiger partial charge on any atom is 0.269 e. The van der Waals surface area contributed by atoms with E-state index in [1.54, 1.807) is 56.8 Å². The molecule has 0 unspecified atom stereocenters. The number of halogens is 1. The number of nitrogens with zero attached hydrogens (tertiary/aromatic N) is 3. The van der Waals surface area contributed by atoms with Gasteiger partial charge in [-0.2, -0.15) is 0 Å². The molecule has 1 aromatic carbocycles. The van der Waals surface area contributed by atoms with Gasteiger partial charge >= 0.3 is 0 Å². The minimum atomic E-state index is -3.83. The molecule has 148 valence electrons. The van der Waals surface area contributed by atoms with E-state index in [1.165, 1.54) is 3.97 Å². The van der Waals surface area contributed by atoms with Gasteiger partial charge in [-0.05, 0) is 54.0 Å². The molecule has 4 rings (SSSR count). The van der Waals surface area contributed by atoms with Crippen molar-refractivity contribution in [3.63, 3.8) is 0 Å². The Bertz CT molecular complexity index is 1310. The Morgan fingerprint density at radius 2 is 1.72 bits per heavy atom.